The van der Waals surface area contributed by atoms with Crippen molar-refractivity contribution in [2.45, 2.75) is 134 Å². The maximum Gasteiger partial charge on any atom is 0.306 e. The number of halogens is 4. The molecule has 12 nitrogen and oxygen atoms in total. The van der Waals surface area contributed by atoms with Crippen LogP contribution in [0.5, 0.6) is 5.88 Å². The molecule has 2 bridgehead atoms. The predicted molar refractivity (Wildman–Crippen MR) is 197 cm³/mol. The zero-order valence-electron chi connectivity index (χ0n) is 32.5. The van der Waals surface area contributed by atoms with E-state index < -0.39 is 129 Å². The first-order valence-corrected chi connectivity index (χ1v) is 21.5. The Morgan fingerprint density at radius 2 is 1.70 bits per heavy atom. The van der Waals surface area contributed by atoms with Gasteiger partial charge in [-0.1, -0.05) is 46.2 Å². The molecular weight excluding hydrogens is 773 g/mol. The summed E-state index contributed by atoms with van der Waals surface area (Å²) in [7, 11) is -4.15. The predicted octanol–water partition coefficient (Wildman–Crippen LogP) is 6.10. The molecule has 4 fully saturated rings. The summed E-state index contributed by atoms with van der Waals surface area (Å²) in [6.45, 7) is 6.63. The molecule has 0 unspecified atom stereocenters. The molecule has 7 rings (SSSR count). The number of fused-ring (bicyclic) bond motifs is 5. The van der Waals surface area contributed by atoms with Crippen LogP contribution in [0.2, 0.25) is 0 Å². The lowest BCUT2D eigenvalue weighted by Crippen LogP contribution is -2.50. The summed E-state index contributed by atoms with van der Waals surface area (Å²) < 4.78 is 101. The van der Waals surface area contributed by atoms with E-state index in [-0.39, 0.29) is 42.8 Å². The molecule has 2 aliphatic heterocycles. The molecule has 3 aliphatic carbocycles. The summed E-state index contributed by atoms with van der Waals surface area (Å²) >= 11 is 0. The first-order chi connectivity index (χ1) is 26.8. The number of para-hydroxylation sites is 2. The fourth-order valence-electron chi connectivity index (χ4n) is 8.78. The Bertz CT molecular complexity index is 2040. The summed E-state index contributed by atoms with van der Waals surface area (Å²) in [5.41, 5.74) is -3.12. The maximum atomic E-state index is 16.2. The van der Waals surface area contributed by atoms with E-state index >= 15 is 8.78 Å². The third-order valence-electron chi connectivity index (χ3n) is 12.6. The molecular formula is C40H50F4N4O8S. The number of hydrogen-bond acceptors (Lipinski definition) is 10. The number of benzene rings is 1. The molecule has 17 heteroatoms. The molecule has 3 saturated carbocycles. The monoisotopic (exact) mass is 822 g/mol. The SMILES string of the molecule is CC[C@@H]1[C@@H]2CN(C(=O)[C@H](C(C)(C)C)CC(=O)O[C@@H]3C[C@H]3CCCCC(F)(F)c3nc4ccccc4nc3O2)[C@@H]1C(=O)C[C@]1(C(=O)NS(=O)(=O)C2CC2)C[C@H]1C(F)F. The number of aromatic nitrogens is 2. The van der Waals surface area contributed by atoms with Gasteiger partial charge in [-0.25, -0.2) is 27.2 Å². The molecule has 1 aromatic heterocycles. The minimum absolute atomic E-state index is 0.000438. The van der Waals surface area contributed by atoms with Crippen molar-refractivity contribution in [3.8, 4) is 5.88 Å². The number of Topliss-reactive ketones (excluding diaryl/α,β-unsaturated/α-hetero) is 1. The lowest BCUT2D eigenvalue weighted by molar-refractivity contribution is -0.154. The van der Waals surface area contributed by atoms with Gasteiger partial charge in [-0.2, -0.15) is 8.78 Å². The van der Waals surface area contributed by atoms with Crippen LogP contribution in [-0.2, 0) is 39.9 Å². The van der Waals surface area contributed by atoms with E-state index in [2.05, 4.69) is 9.97 Å². The average Bonchev–Trinajstić information content (AvgIpc) is 4.04. The first kappa shape index (κ1) is 41.3. The Kier molecular flexibility index (Phi) is 10.9. The molecule has 3 heterocycles. The normalized spacial score (nSPS) is 32.0. The van der Waals surface area contributed by atoms with E-state index in [9.17, 15) is 36.4 Å². The molecule has 1 N–H and O–H groups in total. The summed E-state index contributed by atoms with van der Waals surface area (Å²) in [6.07, 6.45) is -4.25. The molecule has 1 aromatic carbocycles. The molecule has 0 spiro atoms. The quantitative estimate of drug-likeness (QED) is 0.243. The van der Waals surface area contributed by atoms with Crippen LogP contribution in [0.4, 0.5) is 17.6 Å². The number of carbonyl (C=O) groups excluding carboxylic acids is 4. The van der Waals surface area contributed by atoms with E-state index in [1.165, 1.54) is 4.90 Å². The fraction of sp³-hybridized carbons (Fsp3) is 0.700. The highest BCUT2D eigenvalue weighted by atomic mass is 32.2. The zero-order chi connectivity index (χ0) is 41.2. The van der Waals surface area contributed by atoms with Crippen LogP contribution in [0.1, 0.15) is 104 Å². The number of nitrogens with one attached hydrogen (secondary N) is 1. The third kappa shape index (κ3) is 8.36. The number of ether oxygens (including phenoxy) is 2. The van der Waals surface area contributed by atoms with Crippen LogP contribution in [0.15, 0.2) is 24.3 Å². The number of amides is 2. The van der Waals surface area contributed by atoms with Gasteiger partial charge < -0.3 is 14.4 Å². The van der Waals surface area contributed by atoms with Crippen molar-refractivity contribution in [2.75, 3.05) is 6.54 Å². The summed E-state index contributed by atoms with van der Waals surface area (Å²) in [5, 5.41) is -0.830. The number of ketones is 1. The molecule has 8 atom stereocenters. The number of sulfonamides is 1. The topological polar surface area (TPSA) is 162 Å². The molecule has 5 aliphatic rings. The Morgan fingerprint density at radius 3 is 2.32 bits per heavy atom. The van der Waals surface area contributed by atoms with Crippen molar-refractivity contribution in [3.05, 3.63) is 30.0 Å². The van der Waals surface area contributed by atoms with Gasteiger partial charge in [-0.05, 0) is 68.4 Å². The van der Waals surface area contributed by atoms with Gasteiger partial charge in [0.05, 0.1) is 46.6 Å². The Labute approximate surface area is 329 Å². The van der Waals surface area contributed by atoms with Gasteiger partial charge in [0.25, 0.3) is 5.92 Å². The standard InChI is InChI=1S/C40H50F4N4O8S/c1-5-23-30-20-48(32(23)28(49)19-39(18-25(39)34(41)42)37(52)47-57(53,54)22-13-14-22)36(51)24(38(2,3)4)17-31(50)55-29-16-21(29)10-8-9-15-40(43,44)33-35(56-30)46-27-12-7-6-11-26(27)45-33/h6-7,11-12,21-25,29-30,32,34H,5,8-10,13-20H2,1-4H3,(H,47,52)/t21-,23-,24-,25+,29-,30+,32+,39-/m1/s1. The average molecular weight is 823 g/mol. The van der Waals surface area contributed by atoms with Crippen LogP contribution in [0.25, 0.3) is 11.0 Å². The second-order valence-electron chi connectivity index (χ2n) is 17.7. The minimum Gasteiger partial charge on any atom is -0.471 e. The second-order valence-corrected chi connectivity index (χ2v) is 19.7. The number of esters is 1. The third-order valence-corrected chi connectivity index (χ3v) is 14.4. The van der Waals surface area contributed by atoms with Crippen molar-refractivity contribution in [3.63, 3.8) is 0 Å². The number of carbonyl (C=O) groups is 4. The van der Waals surface area contributed by atoms with Crippen molar-refractivity contribution < 1.29 is 54.6 Å². The van der Waals surface area contributed by atoms with Gasteiger partial charge in [-0.3, -0.25) is 23.9 Å². The molecule has 2 aromatic rings. The van der Waals surface area contributed by atoms with Gasteiger partial charge >= 0.3 is 5.97 Å². The Hall–Kier alpha value is -3.89. The zero-order valence-corrected chi connectivity index (χ0v) is 33.3. The summed E-state index contributed by atoms with van der Waals surface area (Å²) in [6, 6.07) is 5.04. The van der Waals surface area contributed by atoms with Gasteiger partial charge in [-0.15, -0.1) is 0 Å². The van der Waals surface area contributed by atoms with Gasteiger partial charge in [0.1, 0.15) is 12.2 Å². The summed E-state index contributed by atoms with van der Waals surface area (Å²) in [5.74, 6) is -10.8. The van der Waals surface area contributed by atoms with E-state index in [1.54, 1.807) is 52.0 Å². The Balaban J connectivity index is 1.29. The molecule has 0 radical (unpaired) electrons. The van der Waals surface area contributed by atoms with E-state index in [1.807, 2.05) is 4.72 Å². The molecule has 57 heavy (non-hydrogen) atoms. The van der Waals surface area contributed by atoms with E-state index in [0.717, 1.165) is 0 Å². The van der Waals surface area contributed by atoms with Crippen molar-refractivity contribution >= 4 is 44.6 Å². The highest BCUT2D eigenvalue weighted by Crippen LogP contribution is 2.59. The number of rotatable bonds is 8. The minimum atomic E-state index is -4.15. The van der Waals surface area contributed by atoms with Crippen LogP contribution < -0.4 is 9.46 Å². The van der Waals surface area contributed by atoms with Crippen molar-refractivity contribution in [1.82, 2.24) is 19.6 Å². The Morgan fingerprint density at radius 1 is 1.02 bits per heavy atom. The number of hydrogen-bond donors (Lipinski definition) is 1. The largest absolute Gasteiger partial charge is 0.471 e. The summed E-state index contributed by atoms with van der Waals surface area (Å²) in [4.78, 5) is 66.4. The first-order valence-electron chi connectivity index (χ1n) is 19.9. The number of nitrogens with zero attached hydrogens (tertiary/aromatic N) is 3. The lowest BCUT2D eigenvalue weighted by Gasteiger charge is -2.35. The van der Waals surface area contributed by atoms with E-state index in [0.29, 0.717) is 32.1 Å². The van der Waals surface area contributed by atoms with Crippen LogP contribution in [0, 0.1) is 34.5 Å². The van der Waals surface area contributed by atoms with Crippen LogP contribution in [-0.4, -0.2) is 83.3 Å². The highest BCUT2D eigenvalue weighted by Gasteiger charge is 2.66. The highest BCUT2D eigenvalue weighted by molar-refractivity contribution is 7.90. The van der Waals surface area contributed by atoms with Crippen LogP contribution in [0.3, 0.4) is 0 Å². The van der Waals surface area contributed by atoms with Gasteiger partial charge in [0.15, 0.2) is 11.5 Å². The molecule has 312 valence electrons. The maximum absolute atomic E-state index is 16.2. The van der Waals surface area contributed by atoms with Crippen LogP contribution >= 0.6 is 0 Å². The molecule has 2 amide bonds. The van der Waals surface area contributed by atoms with Gasteiger partial charge in [0, 0.05) is 24.7 Å². The van der Waals surface area contributed by atoms with E-state index in [4.69, 9.17) is 9.47 Å². The second kappa shape index (κ2) is 15.0. The van der Waals surface area contributed by atoms with Gasteiger partial charge in [0.2, 0.25) is 34.1 Å². The fourth-order valence-corrected chi connectivity index (χ4v) is 10.2. The van der Waals surface area contributed by atoms with Crippen molar-refractivity contribution in [1.29, 1.82) is 0 Å². The van der Waals surface area contributed by atoms with Crippen molar-refractivity contribution in [2.24, 2.45) is 34.5 Å². The molecule has 1 saturated heterocycles. The lowest BCUT2D eigenvalue weighted by atomic mass is 9.77. The smallest absolute Gasteiger partial charge is 0.306 e. The number of alkyl halides is 4.